The van der Waals surface area contributed by atoms with E-state index in [0.29, 0.717) is 11.3 Å². The van der Waals surface area contributed by atoms with Crippen LogP contribution in [0.3, 0.4) is 0 Å². The molecule has 0 saturated carbocycles. The maximum atomic E-state index is 13.1. The third-order valence-electron chi connectivity index (χ3n) is 3.68. The first-order chi connectivity index (χ1) is 12.3. The minimum absolute atomic E-state index is 0.0554. The van der Waals surface area contributed by atoms with E-state index in [1.807, 2.05) is 0 Å². The first kappa shape index (κ1) is 18.4. The van der Waals surface area contributed by atoms with E-state index in [2.05, 4.69) is 15.6 Å². The number of rotatable bonds is 4. The van der Waals surface area contributed by atoms with E-state index in [-0.39, 0.29) is 11.8 Å². The summed E-state index contributed by atoms with van der Waals surface area (Å²) in [6.07, 6.45) is -4.68. The van der Waals surface area contributed by atoms with Crippen LogP contribution in [0.4, 0.5) is 13.2 Å². The highest BCUT2D eigenvalue weighted by Gasteiger charge is 2.44. The van der Waals surface area contributed by atoms with Gasteiger partial charge >= 0.3 is 12.1 Å². The molecule has 0 saturated heterocycles. The fourth-order valence-electron chi connectivity index (χ4n) is 2.50. The second kappa shape index (κ2) is 7.06. The monoisotopic (exact) mass is 388 g/mol. The fourth-order valence-corrected chi connectivity index (χ4v) is 3.58. The maximum Gasteiger partial charge on any atom is 0.453 e. The highest BCUT2D eigenvalue weighted by atomic mass is 32.2. The predicted molar refractivity (Wildman–Crippen MR) is 86.4 cm³/mol. The van der Waals surface area contributed by atoms with Crippen molar-refractivity contribution in [1.82, 2.24) is 14.9 Å². The summed E-state index contributed by atoms with van der Waals surface area (Å²) in [5, 5.41) is 5.86. The summed E-state index contributed by atoms with van der Waals surface area (Å²) in [4.78, 5) is 12.3. The second-order valence-corrected chi connectivity index (χ2v) is 6.42. The van der Waals surface area contributed by atoms with Crippen LogP contribution in [-0.4, -0.2) is 39.8 Å². The molecule has 2 heterocycles. The lowest BCUT2D eigenvalue weighted by atomic mass is 10.0. The molecule has 0 fully saturated rings. The van der Waals surface area contributed by atoms with Crippen LogP contribution in [0.5, 0.6) is 5.75 Å². The summed E-state index contributed by atoms with van der Waals surface area (Å²) < 4.78 is 50.3. The molecule has 11 heteroatoms. The Morgan fingerprint density at radius 3 is 2.58 bits per heavy atom. The van der Waals surface area contributed by atoms with Gasteiger partial charge in [0.15, 0.2) is 0 Å². The summed E-state index contributed by atoms with van der Waals surface area (Å²) >= 11 is 0.876. The predicted octanol–water partition coefficient (Wildman–Crippen LogP) is 2.63. The van der Waals surface area contributed by atoms with Gasteiger partial charge in [0.2, 0.25) is 5.16 Å². The molecule has 7 nitrogen and oxygen atoms in total. The third kappa shape index (κ3) is 3.43. The van der Waals surface area contributed by atoms with Crippen LogP contribution in [0.2, 0.25) is 0 Å². The Balaban J connectivity index is 2.00. The van der Waals surface area contributed by atoms with Gasteiger partial charge in [-0.3, -0.25) is 4.79 Å². The van der Waals surface area contributed by atoms with Gasteiger partial charge in [0.25, 0.3) is 5.82 Å². The molecule has 0 spiro atoms. The lowest BCUT2D eigenvalue weighted by Gasteiger charge is -2.32. The molecule has 0 bridgehead atoms. The summed E-state index contributed by atoms with van der Waals surface area (Å²) in [6.45, 7) is 1.82. The number of hydrogen-bond acceptors (Lipinski definition) is 7. The van der Waals surface area contributed by atoms with Crippen LogP contribution >= 0.6 is 11.8 Å². The van der Waals surface area contributed by atoms with Gasteiger partial charge in [-0.2, -0.15) is 13.2 Å². The molecule has 1 N–H and O–H groups in total. The number of thioether (sulfide) groups is 1. The fraction of sp³-hybridized carbons (Fsp3) is 0.400. The Bertz CT molecular complexity index is 794. The lowest BCUT2D eigenvalue weighted by Crippen LogP contribution is -2.40. The Labute approximate surface area is 150 Å². The zero-order valence-corrected chi connectivity index (χ0v) is 14.6. The van der Waals surface area contributed by atoms with Gasteiger partial charge in [-0.25, -0.2) is 4.68 Å². The number of carbonyl (C=O) groups is 1. The van der Waals surface area contributed by atoms with Crippen molar-refractivity contribution in [2.75, 3.05) is 19.1 Å². The van der Waals surface area contributed by atoms with Crippen LogP contribution < -0.4 is 10.2 Å². The van der Waals surface area contributed by atoms with Crippen LogP contribution in [0.25, 0.3) is 0 Å². The van der Waals surface area contributed by atoms with Crippen LogP contribution in [0, 0.1) is 0 Å². The van der Waals surface area contributed by atoms with Crippen molar-refractivity contribution in [3.63, 3.8) is 0 Å². The molecule has 1 aliphatic heterocycles. The number of hydrogen-bond donors (Lipinski definition) is 1. The molecule has 2 atom stereocenters. The molecular weight excluding hydrogens is 373 g/mol. The van der Waals surface area contributed by atoms with Crippen molar-refractivity contribution in [3.05, 3.63) is 35.7 Å². The summed E-state index contributed by atoms with van der Waals surface area (Å²) in [7, 11) is 1.50. The highest BCUT2D eigenvalue weighted by molar-refractivity contribution is 8.00. The number of benzene rings is 1. The SMILES string of the molecule is CCOC(=O)[C@@H]1Sc2nnc(C(F)(F)F)n2N[C@H]1c1ccc(OC)cc1. The van der Waals surface area contributed by atoms with E-state index in [1.165, 1.54) is 7.11 Å². The quantitative estimate of drug-likeness (QED) is 0.807. The van der Waals surface area contributed by atoms with E-state index in [1.54, 1.807) is 31.2 Å². The highest BCUT2D eigenvalue weighted by Crippen LogP contribution is 2.40. The van der Waals surface area contributed by atoms with Crippen molar-refractivity contribution in [3.8, 4) is 5.75 Å². The van der Waals surface area contributed by atoms with Crippen LogP contribution in [-0.2, 0) is 15.7 Å². The van der Waals surface area contributed by atoms with E-state index >= 15 is 0 Å². The second-order valence-electron chi connectivity index (χ2n) is 5.31. The molecule has 0 amide bonds. The molecule has 1 aromatic heterocycles. The first-order valence-corrected chi connectivity index (χ1v) is 8.49. The maximum absolute atomic E-state index is 13.1. The minimum atomic E-state index is -4.68. The Hall–Kier alpha value is -2.43. The third-order valence-corrected chi connectivity index (χ3v) is 4.88. The molecule has 0 aliphatic carbocycles. The van der Waals surface area contributed by atoms with Crippen LogP contribution in [0.15, 0.2) is 29.4 Å². The average molecular weight is 388 g/mol. The van der Waals surface area contributed by atoms with Gasteiger partial charge < -0.3 is 14.9 Å². The number of halogens is 3. The molecular formula is C15H15F3N4O3S. The number of ether oxygens (including phenoxy) is 2. The van der Waals surface area contributed by atoms with Crippen molar-refractivity contribution in [2.24, 2.45) is 0 Å². The molecule has 3 rings (SSSR count). The standard InChI is InChI=1S/C15H15F3N4O3S/c1-3-25-12(23)11-10(8-4-6-9(24-2)7-5-8)21-22-13(15(16,17)18)19-20-14(22)26-11/h4-7,10-11,21H,3H2,1-2H3/t10-,11+/m0/s1. The number of nitrogens with zero attached hydrogens (tertiary/aromatic N) is 3. The zero-order valence-electron chi connectivity index (χ0n) is 13.8. The first-order valence-electron chi connectivity index (χ1n) is 7.61. The van der Waals surface area contributed by atoms with Crippen molar-refractivity contribution < 1.29 is 27.4 Å². The molecule has 0 unspecified atom stereocenters. The van der Waals surface area contributed by atoms with Crippen molar-refractivity contribution >= 4 is 17.7 Å². The zero-order chi connectivity index (χ0) is 18.9. The average Bonchev–Trinajstić information content (AvgIpc) is 3.04. The smallest absolute Gasteiger partial charge is 0.453 e. The number of methoxy groups -OCH3 is 1. The number of fused-ring (bicyclic) bond motifs is 1. The van der Waals surface area contributed by atoms with E-state index in [0.717, 1.165) is 16.4 Å². The lowest BCUT2D eigenvalue weighted by molar-refractivity contribution is -0.147. The largest absolute Gasteiger partial charge is 0.497 e. The number of nitrogens with one attached hydrogen (secondary N) is 1. The van der Waals surface area contributed by atoms with E-state index in [9.17, 15) is 18.0 Å². The molecule has 140 valence electrons. The van der Waals surface area contributed by atoms with Gasteiger partial charge in [0, 0.05) is 0 Å². The van der Waals surface area contributed by atoms with Crippen molar-refractivity contribution in [2.45, 2.75) is 29.5 Å². The van der Waals surface area contributed by atoms with Gasteiger partial charge in [-0.1, -0.05) is 23.9 Å². The Kier molecular flexibility index (Phi) is 4.99. The Morgan fingerprint density at radius 1 is 1.31 bits per heavy atom. The number of aromatic nitrogens is 3. The van der Waals surface area contributed by atoms with E-state index < -0.39 is 29.3 Å². The number of carbonyl (C=O) groups excluding carboxylic acids is 1. The Morgan fingerprint density at radius 2 is 2.00 bits per heavy atom. The van der Waals surface area contributed by atoms with Crippen LogP contribution in [0.1, 0.15) is 24.4 Å². The number of alkyl halides is 3. The minimum Gasteiger partial charge on any atom is -0.497 e. The summed E-state index contributed by atoms with van der Waals surface area (Å²) in [6, 6.07) is 5.90. The molecule has 2 aromatic rings. The van der Waals surface area contributed by atoms with Gasteiger partial charge in [0.05, 0.1) is 19.8 Å². The van der Waals surface area contributed by atoms with Gasteiger partial charge in [-0.05, 0) is 24.6 Å². The normalized spacial score (nSPS) is 19.4. The number of esters is 1. The topological polar surface area (TPSA) is 78.3 Å². The summed E-state index contributed by atoms with van der Waals surface area (Å²) in [5.74, 6) is -1.14. The molecule has 1 aromatic carbocycles. The van der Waals surface area contributed by atoms with E-state index in [4.69, 9.17) is 9.47 Å². The summed E-state index contributed by atoms with van der Waals surface area (Å²) in [5.41, 5.74) is 3.31. The molecule has 26 heavy (non-hydrogen) atoms. The molecule has 1 aliphatic rings. The molecule has 0 radical (unpaired) electrons. The van der Waals surface area contributed by atoms with Gasteiger partial charge in [-0.15, -0.1) is 10.2 Å². The van der Waals surface area contributed by atoms with Gasteiger partial charge in [0.1, 0.15) is 11.0 Å². The van der Waals surface area contributed by atoms with Crippen molar-refractivity contribution in [1.29, 1.82) is 0 Å².